The maximum absolute atomic E-state index is 11.6. The fourth-order valence-electron chi connectivity index (χ4n) is 1.93. The Morgan fingerprint density at radius 2 is 1.84 bits per heavy atom. The van der Waals surface area contributed by atoms with Crippen LogP contribution in [0.25, 0.3) is 0 Å². The van der Waals surface area contributed by atoms with E-state index in [1.54, 1.807) is 42.5 Å². The predicted molar refractivity (Wildman–Crippen MR) is 66.4 cm³/mol. The van der Waals surface area contributed by atoms with E-state index in [4.69, 9.17) is 14.7 Å². The lowest BCUT2D eigenvalue weighted by Gasteiger charge is -2.13. The molecule has 1 unspecified atom stereocenters. The minimum absolute atomic E-state index is 0.380. The molecule has 1 heterocycles. The fraction of sp³-hybridized carbons (Fsp3) is 0.0667. The summed E-state index contributed by atoms with van der Waals surface area (Å²) >= 11 is 0. The summed E-state index contributed by atoms with van der Waals surface area (Å²) in [6.07, 6.45) is -0.725. The van der Waals surface area contributed by atoms with E-state index in [2.05, 4.69) is 0 Å². The van der Waals surface area contributed by atoms with Crippen molar-refractivity contribution in [1.29, 1.82) is 5.26 Å². The van der Waals surface area contributed by atoms with Gasteiger partial charge in [0, 0.05) is 5.56 Å². The number of carbonyl (C=O) groups is 1. The Morgan fingerprint density at radius 3 is 2.58 bits per heavy atom. The third-order valence-electron chi connectivity index (χ3n) is 2.88. The highest BCUT2D eigenvalue weighted by atomic mass is 16.7. The van der Waals surface area contributed by atoms with Crippen molar-refractivity contribution in [1.82, 2.24) is 0 Å². The molecule has 0 aliphatic carbocycles. The van der Waals surface area contributed by atoms with E-state index in [0.29, 0.717) is 16.9 Å². The third kappa shape index (κ3) is 2.02. The molecule has 0 N–H and O–H groups in total. The van der Waals surface area contributed by atoms with E-state index in [-0.39, 0.29) is 5.97 Å². The van der Waals surface area contributed by atoms with E-state index < -0.39 is 6.29 Å². The lowest BCUT2D eigenvalue weighted by Crippen LogP contribution is -2.06. The summed E-state index contributed by atoms with van der Waals surface area (Å²) in [4.78, 5) is 11.6. The summed E-state index contributed by atoms with van der Waals surface area (Å²) in [6, 6.07) is 15.8. The maximum Gasteiger partial charge on any atom is 0.342 e. The number of nitriles is 1. The van der Waals surface area contributed by atoms with Gasteiger partial charge < -0.3 is 9.47 Å². The third-order valence-corrected chi connectivity index (χ3v) is 2.88. The second-order valence-corrected chi connectivity index (χ2v) is 4.08. The van der Waals surface area contributed by atoms with Gasteiger partial charge in [-0.25, -0.2) is 4.79 Å². The van der Waals surface area contributed by atoms with Crippen molar-refractivity contribution in [2.24, 2.45) is 0 Å². The Bertz CT molecular complexity index is 671. The van der Waals surface area contributed by atoms with Gasteiger partial charge in [-0.1, -0.05) is 18.2 Å². The largest absolute Gasteiger partial charge is 0.450 e. The lowest BCUT2D eigenvalue weighted by molar-refractivity contribution is -0.0381. The number of hydrogen-bond acceptors (Lipinski definition) is 4. The van der Waals surface area contributed by atoms with Crippen LogP contribution in [-0.4, -0.2) is 5.97 Å². The van der Waals surface area contributed by atoms with E-state index in [1.807, 2.05) is 12.1 Å². The number of rotatable bonds is 2. The van der Waals surface area contributed by atoms with Crippen LogP contribution >= 0.6 is 0 Å². The van der Waals surface area contributed by atoms with Gasteiger partial charge in [-0.15, -0.1) is 0 Å². The molecule has 4 heteroatoms. The Hall–Kier alpha value is -2.80. The molecule has 0 fully saturated rings. The number of ether oxygens (including phenoxy) is 2. The zero-order valence-electron chi connectivity index (χ0n) is 9.87. The van der Waals surface area contributed by atoms with Crippen molar-refractivity contribution in [3.63, 3.8) is 0 Å². The van der Waals surface area contributed by atoms with Crippen LogP contribution in [-0.2, 0) is 4.74 Å². The quantitative estimate of drug-likeness (QED) is 0.770. The SMILES string of the molecule is N#Cc1ccc(OC2OC(=O)c3ccccc32)cc1. The van der Waals surface area contributed by atoms with Crippen LogP contribution in [0.1, 0.15) is 27.8 Å². The number of carbonyl (C=O) groups excluding carboxylic acids is 1. The summed E-state index contributed by atoms with van der Waals surface area (Å²) in [6.45, 7) is 0. The van der Waals surface area contributed by atoms with Crippen molar-refractivity contribution in [2.75, 3.05) is 0 Å². The molecule has 3 rings (SSSR count). The topological polar surface area (TPSA) is 59.3 Å². The number of cyclic esters (lactones) is 1. The molecule has 0 amide bonds. The second-order valence-electron chi connectivity index (χ2n) is 4.08. The lowest BCUT2D eigenvalue weighted by atomic mass is 10.1. The van der Waals surface area contributed by atoms with Gasteiger partial charge in [0.2, 0.25) is 0 Å². The molecule has 4 nitrogen and oxygen atoms in total. The normalized spacial score (nSPS) is 16.4. The molecule has 0 saturated carbocycles. The molecule has 0 bridgehead atoms. The highest BCUT2D eigenvalue weighted by Crippen LogP contribution is 2.32. The first kappa shape index (κ1) is 11.3. The van der Waals surface area contributed by atoms with E-state index in [1.165, 1.54) is 0 Å². The van der Waals surface area contributed by atoms with E-state index >= 15 is 0 Å². The molecule has 0 saturated heterocycles. The van der Waals surface area contributed by atoms with Gasteiger partial charge in [0.25, 0.3) is 6.29 Å². The fourth-order valence-corrected chi connectivity index (χ4v) is 1.93. The van der Waals surface area contributed by atoms with Crippen LogP contribution in [0.15, 0.2) is 48.5 Å². The zero-order valence-corrected chi connectivity index (χ0v) is 9.87. The van der Waals surface area contributed by atoms with Crippen LogP contribution in [0.5, 0.6) is 5.75 Å². The standard InChI is InChI=1S/C15H9NO3/c16-9-10-5-7-11(8-6-10)18-15-13-4-2-1-3-12(13)14(17)19-15/h1-8,15H. The highest BCUT2D eigenvalue weighted by Gasteiger charge is 2.31. The summed E-state index contributed by atoms with van der Waals surface area (Å²) < 4.78 is 10.8. The maximum atomic E-state index is 11.6. The molecule has 2 aromatic carbocycles. The molecular formula is C15H9NO3. The van der Waals surface area contributed by atoms with Gasteiger partial charge in [0.15, 0.2) is 0 Å². The summed E-state index contributed by atoms with van der Waals surface area (Å²) in [7, 11) is 0. The Balaban J connectivity index is 1.85. The number of esters is 1. The van der Waals surface area contributed by atoms with Crippen LogP contribution in [0.2, 0.25) is 0 Å². The van der Waals surface area contributed by atoms with Gasteiger partial charge >= 0.3 is 5.97 Å². The van der Waals surface area contributed by atoms with Gasteiger partial charge in [-0.3, -0.25) is 0 Å². The molecule has 92 valence electrons. The average molecular weight is 251 g/mol. The van der Waals surface area contributed by atoms with Gasteiger partial charge in [-0.2, -0.15) is 5.26 Å². The van der Waals surface area contributed by atoms with Crippen molar-refractivity contribution >= 4 is 5.97 Å². The number of benzene rings is 2. The minimum Gasteiger partial charge on any atom is -0.450 e. The number of hydrogen-bond donors (Lipinski definition) is 0. The predicted octanol–water partition coefficient (Wildman–Crippen LogP) is 2.81. The Kier molecular flexibility index (Phi) is 2.66. The number of nitrogens with zero attached hydrogens (tertiary/aromatic N) is 1. The summed E-state index contributed by atoms with van der Waals surface area (Å²) in [5.74, 6) is 0.169. The van der Waals surface area contributed by atoms with E-state index in [9.17, 15) is 4.79 Å². The van der Waals surface area contributed by atoms with Gasteiger partial charge in [-0.05, 0) is 30.3 Å². The van der Waals surface area contributed by atoms with Gasteiger partial charge in [0.05, 0.1) is 17.2 Å². The monoisotopic (exact) mass is 251 g/mol. The summed E-state index contributed by atoms with van der Waals surface area (Å²) in [5, 5.41) is 8.72. The van der Waals surface area contributed by atoms with Crippen LogP contribution in [0.3, 0.4) is 0 Å². The second kappa shape index (κ2) is 4.46. The first-order chi connectivity index (χ1) is 9.28. The minimum atomic E-state index is -0.725. The molecule has 19 heavy (non-hydrogen) atoms. The molecule has 1 atom stereocenters. The van der Waals surface area contributed by atoms with Crippen LogP contribution < -0.4 is 4.74 Å². The number of fused-ring (bicyclic) bond motifs is 1. The van der Waals surface area contributed by atoms with Crippen LogP contribution in [0.4, 0.5) is 0 Å². The van der Waals surface area contributed by atoms with Crippen molar-refractivity contribution < 1.29 is 14.3 Å². The molecule has 0 aromatic heterocycles. The molecule has 1 aliphatic rings. The van der Waals surface area contributed by atoms with Gasteiger partial charge in [0.1, 0.15) is 5.75 Å². The van der Waals surface area contributed by atoms with E-state index in [0.717, 1.165) is 5.56 Å². The molecule has 1 aliphatic heterocycles. The molecule has 0 radical (unpaired) electrons. The van der Waals surface area contributed by atoms with Crippen molar-refractivity contribution in [3.8, 4) is 11.8 Å². The van der Waals surface area contributed by atoms with Crippen LogP contribution in [0, 0.1) is 11.3 Å². The first-order valence-corrected chi connectivity index (χ1v) is 5.74. The highest BCUT2D eigenvalue weighted by molar-refractivity contribution is 5.93. The Morgan fingerprint density at radius 1 is 1.11 bits per heavy atom. The molecular weight excluding hydrogens is 242 g/mol. The molecule has 0 spiro atoms. The molecule has 2 aromatic rings. The first-order valence-electron chi connectivity index (χ1n) is 5.74. The van der Waals surface area contributed by atoms with Crippen molar-refractivity contribution in [2.45, 2.75) is 6.29 Å². The average Bonchev–Trinajstić information content (AvgIpc) is 2.77. The Labute approximate surface area is 109 Å². The zero-order chi connectivity index (χ0) is 13.2. The smallest absolute Gasteiger partial charge is 0.342 e. The summed E-state index contributed by atoms with van der Waals surface area (Å²) in [5.41, 5.74) is 1.80. The van der Waals surface area contributed by atoms with Crippen molar-refractivity contribution in [3.05, 3.63) is 65.2 Å².